The molecule has 2 rings (SSSR count). The number of amides is 1. The summed E-state index contributed by atoms with van der Waals surface area (Å²) < 4.78 is 1.01. The molecule has 0 bridgehead atoms. The highest BCUT2D eigenvalue weighted by Crippen LogP contribution is 2.18. The SMILES string of the molecule is Cc1ccc(C)c(NC(=O)[C@@H](C)Nc2ccc(Br)cc2)c1. The molecule has 0 spiro atoms. The van der Waals surface area contributed by atoms with Crippen molar-refractivity contribution in [1.29, 1.82) is 0 Å². The maximum atomic E-state index is 12.3. The lowest BCUT2D eigenvalue weighted by Gasteiger charge is -2.16. The minimum atomic E-state index is -0.314. The van der Waals surface area contributed by atoms with Crippen molar-refractivity contribution in [3.8, 4) is 0 Å². The number of anilines is 2. The highest BCUT2D eigenvalue weighted by atomic mass is 79.9. The Kier molecular flexibility index (Phi) is 5.02. The van der Waals surface area contributed by atoms with E-state index in [1.54, 1.807) is 0 Å². The summed E-state index contributed by atoms with van der Waals surface area (Å²) >= 11 is 3.39. The van der Waals surface area contributed by atoms with E-state index in [1.165, 1.54) is 0 Å². The van der Waals surface area contributed by atoms with Gasteiger partial charge in [0.1, 0.15) is 6.04 Å². The van der Waals surface area contributed by atoms with Crippen molar-refractivity contribution in [2.75, 3.05) is 10.6 Å². The van der Waals surface area contributed by atoms with Gasteiger partial charge in [0.15, 0.2) is 0 Å². The standard InChI is InChI=1S/C17H19BrN2O/c1-11-4-5-12(2)16(10-11)20-17(21)13(3)19-15-8-6-14(18)7-9-15/h4-10,13,19H,1-3H3,(H,20,21)/t13-/m1/s1. The Morgan fingerprint density at radius 1 is 1.10 bits per heavy atom. The van der Waals surface area contributed by atoms with E-state index in [1.807, 2.05) is 63.2 Å². The van der Waals surface area contributed by atoms with Crippen molar-refractivity contribution in [2.24, 2.45) is 0 Å². The predicted molar refractivity (Wildman–Crippen MR) is 91.8 cm³/mol. The number of halogens is 1. The third-order valence-corrected chi connectivity index (χ3v) is 3.80. The molecular weight excluding hydrogens is 328 g/mol. The molecular formula is C17H19BrN2O. The minimum Gasteiger partial charge on any atom is -0.374 e. The normalized spacial score (nSPS) is 11.8. The number of nitrogens with one attached hydrogen (secondary N) is 2. The smallest absolute Gasteiger partial charge is 0.246 e. The van der Waals surface area contributed by atoms with Crippen LogP contribution in [0.15, 0.2) is 46.9 Å². The number of carbonyl (C=O) groups is 1. The summed E-state index contributed by atoms with van der Waals surface area (Å²) in [6.45, 7) is 5.85. The van der Waals surface area contributed by atoms with Crippen LogP contribution in [0.1, 0.15) is 18.1 Å². The van der Waals surface area contributed by atoms with E-state index >= 15 is 0 Å². The third-order valence-electron chi connectivity index (χ3n) is 3.27. The maximum absolute atomic E-state index is 12.3. The molecule has 0 aliphatic heterocycles. The summed E-state index contributed by atoms with van der Waals surface area (Å²) in [5.41, 5.74) is 3.97. The fraction of sp³-hybridized carbons (Fsp3) is 0.235. The topological polar surface area (TPSA) is 41.1 Å². The quantitative estimate of drug-likeness (QED) is 0.855. The molecule has 0 heterocycles. The van der Waals surface area contributed by atoms with E-state index in [4.69, 9.17) is 0 Å². The highest BCUT2D eigenvalue weighted by Gasteiger charge is 2.13. The summed E-state index contributed by atoms with van der Waals surface area (Å²) in [6.07, 6.45) is 0. The molecule has 0 aliphatic carbocycles. The summed E-state index contributed by atoms with van der Waals surface area (Å²) in [4.78, 5) is 12.3. The van der Waals surface area contributed by atoms with Crippen molar-refractivity contribution in [1.82, 2.24) is 0 Å². The van der Waals surface area contributed by atoms with Gasteiger partial charge in [0, 0.05) is 15.8 Å². The van der Waals surface area contributed by atoms with Gasteiger partial charge in [0.2, 0.25) is 5.91 Å². The number of benzene rings is 2. The van der Waals surface area contributed by atoms with E-state index < -0.39 is 0 Å². The third kappa shape index (κ3) is 4.33. The summed E-state index contributed by atoms with van der Waals surface area (Å²) in [5.74, 6) is -0.0494. The summed E-state index contributed by atoms with van der Waals surface area (Å²) in [7, 11) is 0. The molecule has 0 aromatic heterocycles. The van der Waals surface area contributed by atoms with E-state index in [0.29, 0.717) is 0 Å². The van der Waals surface area contributed by atoms with Crippen molar-refractivity contribution in [2.45, 2.75) is 26.8 Å². The molecule has 0 saturated heterocycles. The van der Waals surface area contributed by atoms with Crippen LogP contribution in [-0.2, 0) is 4.79 Å². The van der Waals surface area contributed by atoms with Gasteiger partial charge in [0.05, 0.1) is 0 Å². The number of hydrogen-bond acceptors (Lipinski definition) is 2. The molecule has 2 aromatic rings. The van der Waals surface area contributed by atoms with Crippen molar-refractivity contribution >= 4 is 33.2 Å². The van der Waals surface area contributed by atoms with E-state index in [-0.39, 0.29) is 11.9 Å². The zero-order chi connectivity index (χ0) is 15.4. The minimum absolute atomic E-state index is 0.0494. The van der Waals surface area contributed by atoms with Crippen LogP contribution < -0.4 is 10.6 Å². The molecule has 2 aromatic carbocycles. The zero-order valence-corrected chi connectivity index (χ0v) is 14.0. The monoisotopic (exact) mass is 346 g/mol. The van der Waals surface area contributed by atoms with Crippen LogP contribution in [0.3, 0.4) is 0 Å². The number of carbonyl (C=O) groups excluding carboxylic acids is 1. The van der Waals surface area contributed by atoms with Gasteiger partial charge in [-0.15, -0.1) is 0 Å². The number of hydrogen-bond donors (Lipinski definition) is 2. The molecule has 110 valence electrons. The Balaban J connectivity index is 2.02. The lowest BCUT2D eigenvalue weighted by Crippen LogP contribution is -2.32. The van der Waals surface area contributed by atoms with Crippen LogP contribution in [0, 0.1) is 13.8 Å². The van der Waals surface area contributed by atoms with Crippen molar-refractivity contribution < 1.29 is 4.79 Å². The van der Waals surface area contributed by atoms with Crippen LogP contribution >= 0.6 is 15.9 Å². The lowest BCUT2D eigenvalue weighted by molar-refractivity contribution is -0.116. The van der Waals surface area contributed by atoms with E-state index in [2.05, 4.69) is 26.6 Å². The summed E-state index contributed by atoms with van der Waals surface area (Å²) in [5, 5.41) is 6.16. The molecule has 3 nitrogen and oxygen atoms in total. The number of aryl methyl sites for hydroxylation is 2. The first kappa shape index (κ1) is 15.6. The van der Waals surface area contributed by atoms with E-state index in [0.717, 1.165) is 27.0 Å². The fourth-order valence-electron chi connectivity index (χ4n) is 1.97. The first-order valence-electron chi connectivity index (χ1n) is 6.86. The largest absolute Gasteiger partial charge is 0.374 e. The first-order valence-corrected chi connectivity index (χ1v) is 7.65. The number of rotatable bonds is 4. The van der Waals surface area contributed by atoms with Crippen LogP contribution in [0.25, 0.3) is 0 Å². The Labute approximate surface area is 133 Å². The maximum Gasteiger partial charge on any atom is 0.246 e. The molecule has 4 heteroatoms. The molecule has 1 atom stereocenters. The molecule has 0 fully saturated rings. The molecule has 0 aliphatic rings. The Morgan fingerprint density at radius 3 is 2.43 bits per heavy atom. The molecule has 2 N–H and O–H groups in total. The molecule has 0 unspecified atom stereocenters. The molecule has 21 heavy (non-hydrogen) atoms. The van der Waals surface area contributed by atoms with Gasteiger partial charge in [-0.1, -0.05) is 28.1 Å². The van der Waals surface area contributed by atoms with Gasteiger partial charge in [-0.2, -0.15) is 0 Å². The first-order chi connectivity index (χ1) is 9.95. The lowest BCUT2D eigenvalue weighted by atomic mass is 10.1. The van der Waals surface area contributed by atoms with Gasteiger partial charge in [0.25, 0.3) is 0 Å². The van der Waals surface area contributed by atoms with Crippen LogP contribution in [0.4, 0.5) is 11.4 Å². The molecule has 0 saturated carbocycles. The second kappa shape index (κ2) is 6.76. The van der Waals surface area contributed by atoms with Gasteiger partial charge < -0.3 is 10.6 Å². The second-order valence-corrected chi connectivity index (χ2v) is 6.10. The van der Waals surface area contributed by atoms with Gasteiger partial charge >= 0.3 is 0 Å². The molecule has 0 radical (unpaired) electrons. The van der Waals surface area contributed by atoms with Gasteiger partial charge in [-0.3, -0.25) is 4.79 Å². The van der Waals surface area contributed by atoms with Crippen molar-refractivity contribution in [3.05, 3.63) is 58.1 Å². The Morgan fingerprint density at radius 2 is 1.76 bits per heavy atom. The fourth-order valence-corrected chi connectivity index (χ4v) is 2.24. The van der Waals surface area contributed by atoms with E-state index in [9.17, 15) is 4.79 Å². The van der Waals surface area contributed by atoms with Crippen molar-refractivity contribution in [3.63, 3.8) is 0 Å². The average Bonchev–Trinajstić information content (AvgIpc) is 2.45. The van der Waals surface area contributed by atoms with Gasteiger partial charge in [-0.25, -0.2) is 0 Å². The second-order valence-electron chi connectivity index (χ2n) is 5.18. The van der Waals surface area contributed by atoms with Gasteiger partial charge in [-0.05, 0) is 62.2 Å². The highest BCUT2D eigenvalue weighted by molar-refractivity contribution is 9.10. The predicted octanol–water partition coefficient (Wildman–Crippen LogP) is 4.51. The Bertz CT molecular complexity index is 638. The zero-order valence-electron chi connectivity index (χ0n) is 12.4. The van der Waals surface area contributed by atoms with Crippen LogP contribution in [0.5, 0.6) is 0 Å². The average molecular weight is 347 g/mol. The van der Waals surface area contributed by atoms with Crippen LogP contribution in [0.2, 0.25) is 0 Å². The molecule has 1 amide bonds. The van der Waals surface area contributed by atoms with Crippen LogP contribution in [-0.4, -0.2) is 11.9 Å². The Hall–Kier alpha value is -1.81. The summed E-state index contributed by atoms with van der Waals surface area (Å²) in [6, 6.07) is 13.5.